The summed E-state index contributed by atoms with van der Waals surface area (Å²) in [5.41, 5.74) is 2.62. The highest BCUT2D eigenvalue weighted by molar-refractivity contribution is 9.10. The number of anilines is 2. The van der Waals surface area contributed by atoms with Gasteiger partial charge < -0.3 is 20.5 Å². The quantitative estimate of drug-likeness (QED) is 0.292. The molecule has 5 rings (SSSR count). The van der Waals surface area contributed by atoms with Crippen molar-refractivity contribution < 1.29 is 14.6 Å². The van der Waals surface area contributed by atoms with Gasteiger partial charge >= 0.3 is 0 Å². The smallest absolute Gasteiger partial charge is 0.199 e. The summed E-state index contributed by atoms with van der Waals surface area (Å²) in [7, 11) is 0. The van der Waals surface area contributed by atoms with Crippen LogP contribution in [-0.2, 0) is 4.79 Å². The molecule has 2 aromatic carbocycles. The summed E-state index contributed by atoms with van der Waals surface area (Å²) in [4.78, 5) is 14.2. The van der Waals surface area contributed by atoms with Crippen LogP contribution in [-0.4, -0.2) is 10.9 Å². The van der Waals surface area contributed by atoms with Crippen molar-refractivity contribution in [3.05, 3.63) is 74.2 Å². The van der Waals surface area contributed by atoms with Gasteiger partial charge in [-0.3, -0.25) is 4.79 Å². The van der Waals surface area contributed by atoms with Crippen molar-refractivity contribution in [1.82, 2.24) is 0 Å². The zero-order chi connectivity index (χ0) is 23.3. The Hall–Kier alpha value is -2.48. The zero-order valence-electron chi connectivity index (χ0n) is 18.0. The van der Waals surface area contributed by atoms with E-state index >= 15 is 0 Å². The number of hydrogen-bond donors (Lipinski definition) is 3. The molecule has 0 bridgehead atoms. The Morgan fingerprint density at radius 3 is 2.76 bits per heavy atom. The number of benzene rings is 2. The van der Waals surface area contributed by atoms with E-state index in [1.807, 2.05) is 36.4 Å². The van der Waals surface area contributed by atoms with E-state index in [0.29, 0.717) is 39.9 Å². The Morgan fingerprint density at radius 1 is 1.18 bits per heavy atom. The van der Waals surface area contributed by atoms with Gasteiger partial charge in [0.05, 0.1) is 21.2 Å². The fourth-order valence-corrected chi connectivity index (χ4v) is 6.05. The molecule has 0 radical (unpaired) electrons. The Labute approximate surface area is 209 Å². The molecule has 1 aliphatic heterocycles. The van der Waals surface area contributed by atoms with E-state index in [1.165, 1.54) is 11.3 Å². The van der Waals surface area contributed by atoms with Gasteiger partial charge in [-0.05, 0) is 58.1 Å². The minimum absolute atomic E-state index is 0.0799. The predicted molar refractivity (Wildman–Crippen MR) is 137 cm³/mol. The number of rotatable bonds is 3. The standard InChI is InChI=1S/C25H22BrClN2O3S/c1-25(2)11-16-21(18(31)12-25)23(28-15-7-5-8-17(30)22(15)29-16)20-10-14(27)24(33-20)32-19-9-4-3-6-13(19)26/h3-10,23,28-30H,11-12H2,1-2H3. The molecule has 1 aromatic heterocycles. The monoisotopic (exact) mass is 544 g/mol. The molecule has 1 unspecified atom stereocenters. The van der Waals surface area contributed by atoms with Gasteiger partial charge in [-0.1, -0.05) is 55.0 Å². The number of nitrogens with one attached hydrogen (secondary N) is 2. The number of thiophene rings is 1. The van der Waals surface area contributed by atoms with Crippen LogP contribution in [0.1, 0.15) is 37.6 Å². The molecule has 3 aromatic rings. The fraction of sp³-hybridized carbons (Fsp3) is 0.240. The summed E-state index contributed by atoms with van der Waals surface area (Å²) in [6.07, 6.45) is 1.15. The van der Waals surface area contributed by atoms with Crippen LogP contribution >= 0.6 is 38.9 Å². The number of Topliss-reactive ketones (excluding diaryl/α,β-unsaturated/α-hetero) is 1. The van der Waals surface area contributed by atoms with E-state index in [0.717, 1.165) is 20.7 Å². The van der Waals surface area contributed by atoms with Crippen molar-refractivity contribution >= 4 is 56.0 Å². The Balaban J connectivity index is 1.60. The van der Waals surface area contributed by atoms with Gasteiger partial charge in [0.2, 0.25) is 0 Å². The molecule has 0 spiro atoms. The second-order valence-electron chi connectivity index (χ2n) is 9.05. The SMILES string of the molecule is CC1(C)CC(=O)C2=C(C1)Nc1c(O)cccc1NC2c1cc(Cl)c(Oc2ccccc2Br)s1. The highest BCUT2D eigenvalue weighted by Crippen LogP contribution is 2.50. The number of carbonyl (C=O) groups is 1. The van der Waals surface area contributed by atoms with E-state index in [9.17, 15) is 9.90 Å². The molecular weight excluding hydrogens is 524 g/mol. The highest BCUT2D eigenvalue weighted by atomic mass is 79.9. The molecule has 5 nitrogen and oxygen atoms in total. The second kappa shape index (κ2) is 8.38. The van der Waals surface area contributed by atoms with E-state index in [2.05, 4.69) is 40.4 Å². The number of para-hydroxylation sites is 2. The second-order valence-corrected chi connectivity index (χ2v) is 11.4. The number of ketones is 1. The van der Waals surface area contributed by atoms with Crippen molar-refractivity contribution in [3.63, 3.8) is 0 Å². The van der Waals surface area contributed by atoms with Crippen molar-refractivity contribution in [1.29, 1.82) is 0 Å². The van der Waals surface area contributed by atoms with Gasteiger partial charge in [0.15, 0.2) is 10.8 Å². The first-order valence-corrected chi connectivity index (χ1v) is 12.5. The zero-order valence-corrected chi connectivity index (χ0v) is 21.2. The van der Waals surface area contributed by atoms with Crippen molar-refractivity contribution in [2.75, 3.05) is 10.6 Å². The van der Waals surface area contributed by atoms with E-state index in [1.54, 1.807) is 12.1 Å². The van der Waals surface area contributed by atoms with E-state index in [4.69, 9.17) is 16.3 Å². The van der Waals surface area contributed by atoms with Crippen molar-refractivity contribution in [2.24, 2.45) is 5.41 Å². The molecule has 2 aliphatic rings. The maximum Gasteiger partial charge on any atom is 0.199 e. The number of halogens is 2. The van der Waals surface area contributed by atoms with Crippen LogP contribution in [0, 0.1) is 5.41 Å². The molecular formula is C25H22BrClN2O3S. The maximum atomic E-state index is 13.4. The summed E-state index contributed by atoms with van der Waals surface area (Å²) in [6.45, 7) is 4.17. The number of hydrogen-bond acceptors (Lipinski definition) is 6. The molecule has 0 fully saturated rings. The lowest BCUT2D eigenvalue weighted by molar-refractivity contribution is -0.118. The minimum Gasteiger partial charge on any atom is -0.506 e. The third-order valence-corrected chi connectivity index (χ3v) is 7.95. The van der Waals surface area contributed by atoms with Crippen molar-refractivity contribution in [2.45, 2.75) is 32.7 Å². The first-order valence-electron chi connectivity index (χ1n) is 10.6. The first kappa shape index (κ1) is 22.3. The average Bonchev–Trinajstić information content (AvgIpc) is 3.00. The molecule has 1 atom stereocenters. The molecule has 0 saturated carbocycles. The number of fused-ring (bicyclic) bond motifs is 1. The maximum absolute atomic E-state index is 13.4. The number of ether oxygens (including phenoxy) is 1. The van der Waals surface area contributed by atoms with Crippen LogP contribution in [0.4, 0.5) is 11.4 Å². The highest BCUT2D eigenvalue weighted by Gasteiger charge is 2.40. The van der Waals surface area contributed by atoms with Gasteiger partial charge in [-0.25, -0.2) is 0 Å². The van der Waals surface area contributed by atoms with Gasteiger partial charge in [-0.15, -0.1) is 0 Å². The summed E-state index contributed by atoms with van der Waals surface area (Å²) in [6, 6.07) is 14.3. The van der Waals surface area contributed by atoms with Crippen LogP contribution < -0.4 is 15.4 Å². The fourth-order valence-electron chi connectivity index (χ4n) is 4.37. The van der Waals surface area contributed by atoms with Crippen LogP contribution in [0.25, 0.3) is 0 Å². The lowest BCUT2D eigenvalue weighted by Gasteiger charge is -2.33. The lowest BCUT2D eigenvalue weighted by Crippen LogP contribution is -2.31. The summed E-state index contributed by atoms with van der Waals surface area (Å²) < 4.78 is 6.91. The summed E-state index contributed by atoms with van der Waals surface area (Å²) >= 11 is 11.5. The van der Waals surface area contributed by atoms with Crippen LogP contribution in [0.15, 0.2) is 64.3 Å². The van der Waals surface area contributed by atoms with Crippen LogP contribution in [0.5, 0.6) is 16.6 Å². The Kier molecular flexibility index (Phi) is 5.67. The third-order valence-electron chi connectivity index (χ3n) is 5.83. The normalized spacial score (nSPS) is 19.2. The lowest BCUT2D eigenvalue weighted by atomic mass is 9.74. The van der Waals surface area contributed by atoms with Crippen LogP contribution in [0.2, 0.25) is 5.02 Å². The average molecular weight is 546 g/mol. The molecule has 170 valence electrons. The first-order chi connectivity index (χ1) is 15.7. The third kappa shape index (κ3) is 4.25. The van der Waals surface area contributed by atoms with Gasteiger partial charge in [0.25, 0.3) is 0 Å². The van der Waals surface area contributed by atoms with E-state index < -0.39 is 6.04 Å². The molecule has 2 heterocycles. The molecule has 3 N–H and O–H groups in total. The van der Waals surface area contributed by atoms with Gasteiger partial charge in [0, 0.05) is 22.6 Å². The molecule has 33 heavy (non-hydrogen) atoms. The molecule has 0 amide bonds. The molecule has 0 saturated heterocycles. The number of phenolic OH excluding ortho intramolecular Hbond substituents is 1. The minimum atomic E-state index is -0.418. The van der Waals surface area contributed by atoms with E-state index in [-0.39, 0.29) is 16.9 Å². The van der Waals surface area contributed by atoms with Crippen LogP contribution in [0.3, 0.4) is 0 Å². The van der Waals surface area contributed by atoms with Gasteiger partial charge in [-0.2, -0.15) is 0 Å². The van der Waals surface area contributed by atoms with Crippen molar-refractivity contribution in [3.8, 4) is 16.6 Å². The summed E-state index contributed by atoms with van der Waals surface area (Å²) in [5.74, 6) is 0.871. The van der Waals surface area contributed by atoms with Gasteiger partial charge in [0.1, 0.15) is 17.2 Å². The number of allylic oxidation sites excluding steroid dienone is 1. The Morgan fingerprint density at radius 2 is 1.97 bits per heavy atom. The molecule has 8 heteroatoms. The topological polar surface area (TPSA) is 70.6 Å². The largest absolute Gasteiger partial charge is 0.506 e. The molecule has 1 aliphatic carbocycles. The number of aromatic hydroxyl groups is 1. The number of phenols is 1. The Bertz CT molecular complexity index is 1300. The summed E-state index contributed by atoms with van der Waals surface area (Å²) in [5, 5.41) is 18.4. The number of carbonyl (C=O) groups excluding carboxylic acids is 1. The predicted octanol–water partition coefficient (Wildman–Crippen LogP) is 7.88.